The number of ether oxygens (including phenoxy) is 3. The molecule has 0 bridgehead atoms. The van der Waals surface area contributed by atoms with Crippen LogP contribution in [0.4, 0.5) is 4.79 Å². The van der Waals surface area contributed by atoms with Crippen molar-refractivity contribution in [2.24, 2.45) is 34.4 Å². The monoisotopic (exact) mass is 545 g/mol. The fraction of sp³-hybridized carbons (Fsp3) is 0.714. The van der Waals surface area contributed by atoms with Crippen LogP contribution in [0.1, 0.15) is 59.3 Å². The molecule has 0 spiro atoms. The molecule has 0 aromatic carbocycles. The lowest BCUT2D eigenvalue weighted by molar-refractivity contribution is -0.200. The molecule has 11 nitrogen and oxygen atoms in total. The molecule has 4 aliphatic carbocycles. The Morgan fingerprint density at radius 2 is 2.05 bits per heavy atom. The SMILES string of the molecule is CCCC1O[C@H]2C[C@H]3[C@@H]4CCC5=CC(=O)C=C[C@]5(C)[C@H]4[C@@H](O)C[C@]3(C)[C@]2(C(=O)COC(=O)NCC(=O)NN)O1. The minimum absolute atomic E-state index is 0.0209. The summed E-state index contributed by atoms with van der Waals surface area (Å²) in [4.78, 5) is 49.6. The summed E-state index contributed by atoms with van der Waals surface area (Å²) in [5.74, 6) is 3.99. The number of rotatable bonds is 7. The number of alkyl carbamates (subject to hydrolysis) is 1. The summed E-state index contributed by atoms with van der Waals surface area (Å²) >= 11 is 0. The van der Waals surface area contributed by atoms with Crippen molar-refractivity contribution in [1.82, 2.24) is 10.7 Å². The molecular formula is C28H39N3O8. The number of aliphatic hydroxyl groups is 1. The Morgan fingerprint density at radius 1 is 1.28 bits per heavy atom. The van der Waals surface area contributed by atoms with Gasteiger partial charge in [-0.15, -0.1) is 0 Å². The van der Waals surface area contributed by atoms with Crippen LogP contribution in [0.5, 0.6) is 0 Å². The Balaban J connectivity index is 1.43. The maximum atomic E-state index is 14.0. The number of hydrogen-bond acceptors (Lipinski definition) is 9. The Hall–Kier alpha value is -2.60. The molecule has 5 rings (SSSR count). The van der Waals surface area contributed by atoms with Crippen LogP contribution in [0.3, 0.4) is 0 Å². The molecule has 4 fully saturated rings. The standard InChI is InChI=1S/C28H39N3O8/c1-4-5-23-38-21-11-18-17-7-6-15-10-16(32)8-9-26(15,2)24(17)19(33)12-27(18,3)28(21,39-23)20(34)14-37-25(36)30-13-22(35)31-29/h8-10,17-19,21,23-24,33H,4-7,11-14,29H2,1-3H3,(H,30,36)(H,31,35)/t17-,18-,19-,21-,23?,24+,26-,27-,28+/m0/s1. The van der Waals surface area contributed by atoms with Crippen molar-refractivity contribution in [3.8, 4) is 0 Å². The Labute approximate surface area is 227 Å². The van der Waals surface area contributed by atoms with E-state index in [0.29, 0.717) is 19.3 Å². The van der Waals surface area contributed by atoms with Crippen LogP contribution in [0.25, 0.3) is 0 Å². The van der Waals surface area contributed by atoms with Crippen molar-refractivity contribution in [1.29, 1.82) is 0 Å². The molecule has 214 valence electrons. The highest BCUT2D eigenvalue weighted by Gasteiger charge is 2.75. The number of carbonyl (C=O) groups is 4. The zero-order chi connectivity index (χ0) is 28.2. The van der Waals surface area contributed by atoms with Gasteiger partial charge in [-0.05, 0) is 56.1 Å². The van der Waals surface area contributed by atoms with Gasteiger partial charge in [0.15, 0.2) is 24.3 Å². The predicted molar refractivity (Wildman–Crippen MR) is 137 cm³/mol. The third-order valence-electron chi connectivity index (χ3n) is 10.1. The van der Waals surface area contributed by atoms with E-state index >= 15 is 0 Å². The summed E-state index contributed by atoms with van der Waals surface area (Å²) in [6, 6.07) is 0. The molecule has 1 heterocycles. The van der Waals surface area contributed by atoms with Crippen molar-refractivity contribution in [2.45, 2.75) is 83.4 Å². The second-order valence-electron chi connectivity index (χ2n) is 12.1. The molecule has 1 unspecified atom stereocenters. The van der Waals surface area contributed by atoms with Gasteiger partial charge in [0.2, 0.25) is 5.78 Å². The van der Waals surface area contributed by atoms with Crippen LogP contribution in [-0.4, -0.2) is 65.9 Å². The number of amides is 2. The predicted octanol–water partition coefficient (Wildman–Crippen LogP) is 1.44. The molecular weight excluding hydrogens is 506 g/mol. The molecule has 3 saturated carbocycles. The Bertz CT molecular complexity index is 1120. The lowest BCUT2D eigenvalue weighted by Gasteiger charge is -2.59. The van der Waals surface area contributed by atoms with E-state index < -0.39 is 59.3 Å². The van der Waals surface area contributed by atoms with Crippen LogP contribution in [0.2, 0.25) is 0 Å². The lowest BCUT2D eigenvalue weighted by atomic mass is 9.46. The van der Waals surface area contributed by atoms with E-state index in [1.165, 1.54) is 0 Å². The number of hydrazine groups is 1. The average molecular weight is 546 g/mol. The number of Topliss-reactive ketones (excluding diaryl/α,β-unsaturated/α-hetero) is 1. The maximum absolute atomic E-state index is 14.0. The molecule has 1 aliphatic heterocycles. The molecule has 2 amide bonds. The molecule has 9 atom stereocenters. The largest absolute Gasteiger partial charge is 0.441 e. The molecule has 0 radical (unpaired) electrons. The molecule has 5 N–H and O–H groups in total. The van der Waals surface area contributed by atoms with E-state index in [1.54, 1.807) is 12.2 Å². The first-order valence-electron chi connectivity index (χ1n) is 13.9. The number of nitrogens with one attached hydrogen (secondary N) is 2. The average Bonchev–Trinajstić information content (AvgIpc) is 3.38. The Kier molecular flexibility index (Phi) is 7.24. The smallest absolute Gasteiger partial charge is 0.408 e. The molecule has 1 saturated heterocycles. The van der Waals surface area contributed by atoms with Crippen LogP contribution in [0, 0.1) is 28.6 Å². The fourth-order valence-corrected chi connectivity index (χ4v) is 8.50. The van der Waals surface area contributed by atoms with Gasteiger partial charge in [-0.3, -0.25) is 19.8 Å². The highest BCUT2D eigenvalue weighted by Crippen LogP contribution is 2.69. The maximum Gasteiger partial charge on any atom is 0.408 e. The molecule has 11 heteroatoms. The van der Waals surface area contributed by atoms with E-state index in [1.807, 2.05) is 25.3 Å². The number of carbonyl (C=O) groups excluding carboxylic acids is 4. The second-order valence-corrected chi connectivity index (χ2v) is 12.1. The first kappa shape index (κ1) is 27.9. The fourth-order valence-electron chi connectivity index (χ4n) is 8.50. The van der Waals surface area contributed by atoms with E-state index in [9.17, 15) is 24.3 Å². The van der Waals surface area contributed by atoms with E-state index in [-0.39, 0.29) is 30.1 Å². The summed E-state index contributed by atoms with van der Waals surface area (Å²) in [5, 5.41) is 14.0. The molecule has 0 aromatic heterocycles. The third-order valence-corrected chi connectivity index (χ3v) is 10.1. The van der Waals surface area contributed by atoms with Gasteiger partial charge < -0.3 is 24.6 Å². The summed E-state index contributed by atoms with van der Waals surface area (Å²) in [7, 11) is 0. The van der Waals surface area contributed by atoms with Gasteiger partial charge in [-0.2, -0.15) is 0 Å². The Morgan fingerprint density at radius 3 is 2.77 bits per heavy atom. The van der Waals surface area contributed by atoms with Crippen LogP contribution < -0.4 is 16.6 Å². The van der Waals surface area contributed by atoms with E-state index in [4.69, 9.17) is 20.1 Å². The minimum atomic E-state index is -1.38. The zero-order valence-corrected chi connectivity index (χ0v) is 22.7. The van der Waals surface area contributed by atoms with Crippen molar-refractivity contribution in [2.75, 3.05) is 13.2 Å². The van der Waals surface area contributed by atoms with Crippen LogP contribution in [0.15, 0.2) is 23.8 Å². The number of nitrogens with two attached hydrogens (primary N) is 1. The summed E-state index contributed by atoms with van der Waals surface area (Å²) in [6.45, 7) is 5.17. The van der Waals surface area contributed by atoms with Crippen molar-refractivity contribution >= 4 is 23.6 Å². The lowest BCUT2D eigenvalue weighted by Crippen LogP contribution is -2.63. The highest BCUT2D eigenvalue weighted by molar-refractivity contribution is 6.01. The first-order valence-corrected chi connectivity index (χ1v) is 13.9. The number of ketones is 2. The summed E-state index contributed by atoms with van der Waals surface area (Å²) in [5.41, 5.74) is 0.380. The van der Waals surface area contributed by atoms with E-state index in [2.05, 4.69) is 12.2 Å². The summed E-state index contributed by atoms with van der Waals surface area (Å²) in [6.07, 6.45) is 6.37. The van der Waals surface area contributed by atoms with Crippen LogP contribution in [-0.2, 0) is 28.6 Å². The second kappa shape index (κ2) is 10.1. The van der Waals surface area contributed by atoms with Crippen molar-refractivity contribution in [3.63, 3.8) is 0 Å². The van der Waals surface area contributed by atoms with Crippen LogP contribution >= 0.6 is 0 Å². The number of fused-ring (bicyclic) bond motifs is 7. The highest BCUT2D eigenvalue weighted by atomic mass is 16.7. The van der Waals surface area contributed by atoms with Crippen molar-refractivity contribution in [3.05, 3.63) is 23.8 Å². The van der Waals surface area contributed by atoms with Gasteiger partial charge in [-0.1, -0.05) is 38.8 Å². The third kappa shape index (κ3) is 4.25. The van der Waals surface area contributed by atoms with Gasteiger partial charge >= 0.3 is 6.09 Å². The van der Waals surface area contributed by atoms with E-state index in [0.717, 1.165) is 24.8 Å². The normalized spacial score (nSPS) is 42.0. The number of aliphatic hydroxyl groups excluding tert-OH is 1. The molecule has 0 aromatic rings. The van der Waals surface area contributed by atoms with Gasteiger partial charge in [0.05, 0.1) is 12.2 Å². The van der Waals surface area contributed by atoms with Gasteiger partial charge in [-0.25, -0.2) is 10.6 Å². The van der Waals surface area contributed by atoms with Gasteiger partial charge in [0, 0.05) is 16.7 Å². The topological polar surface area (TPSA) is 166 Å². The molecule has 5 aliphatic rings. The number of allylic oxidation sites excluding steroid dienone is 4. The number of hydrogen-bond donors (Lipinski definition) is 4. The van der Waals surface area contributed by atoms with Crippen molar-refractivity contribution < 1.29 is 38.5 Å². The first-order chi connectivity index (χ1) is 18.5. The van der Waals surface area contributed by atoms with Gasteiger partial charge in [0.25, 0.3) is 5.91 Å². The zero-order valence-electron chi connectivity index (χ0n) is 22.7. The molecule has 39 heavy (non-hydrogen) atoms. The minimum Gasteiger partial charge on any atom is -0.441 e. The summed E-state index contributed by atoms with van der Waals surface area (Å²) < 4.78 is 18.1. The van der Waals surface area contributed by atoms with Gasteiger partial charge in [0.1, 0.15) is 6.54 Å². The quantitative estimate of drug-likeness (QED) is 0.210.